The van der Waals surface area contributed by atoms with Crippen molar-refractivity contribution in [1.82, 2.24) is 20.0 Å². The fraction of sp³-hybridized carbons (Fsp3) is 0.474. The number of nitrogens with zero attached hydrogens (tertiary/aromatic N) is 3. The summed E-state index contributed by atoms with van der Waals surface area (Å²) in [5.74, 6) is 0.881. The molecule has 1 aliphatic rings. The zero-order valence-electron chi connectivity index (χ0n) is 15.6. The average molecular weight is 358 g/mol. The number of hydrogen-bond acceptors (Lipinski definition) is 5. The van der Waals surface area contributed by atoms with Crippen LogP contribution in [0.4, 0.5) is 0 Å². The summed E-state index contributed by atoms with van der Waals surface area (Å²) in [6.45, 7) is 2.36. The lowest BCUT2D eigenvalue weighted by atomic mass is 10.1. The van der Waals surface area contributed by atoms with Gasteiger partial charge in [0.05, 0.1) is 19.4 Å². The Kier molecular flexibility index (Phi) is 5.90. The Labute approximate surface area is 153 Å². The van der Waals surface area contributed by atoms with Gasteiger partial charge in [-0.2, -0.15) is 5.10 Å². The van der Waals surface area contributed by atoms with Gasteiger partial charge >= 0.3 is 0 Å². The molecule has 0 bridgehead atoms. The Hall–Kier alpha value is -2.38. The first-order valence-electron chi connectivity index (χ1n) is 8.78. The van der Waals surface area contributed by atoms with Crippen LogP contribution >= 0.6 is 0 Å². The Morgan fingerprint density at radius 1 is 1.38 bits per heavy atom. The predicted octanol–water partition coefficient (Wildman–Crippen LogP) is 1.38. The maximum Gasteiger partial charge on any atom is 0.243 e. The predicted molar refractivity (Wildman–Crippen MR) is 98.0 cm³/mol. The van der Waals surface area contributed by atoms with Crippen molar-refractivity contribution < 1.29 is 14.3 Å². The van der Waals surface area contributed by atoms with E-state index in [0.717, 1.165) is 24.4 Å². The molecule has 0 fully saturated rings. The van der Waals surface area contributed by atoms with Gasteiger partial charge in [0.2, 0.25) is 5.91 Å². The highest BCUT2D eigenvalue weighted by Gasteiger charge is 2.25. The zero-order chi connectivity index (χ0) is 18.5. The Bertz CT molecular complexity index is 740. The molecule has 2 heterocycles. The SMILES string of the molecule is COc1ccc(CNCC2OCCc3cn(CC(=O)N(C)C)nc32)cc1. The van der Waals surface area contributed by atoms with Crippen molar-refractivity contribution in [2.75, 3.05) is 34.4 Å². The molecule has 26 heavy (non-hydrogen) atoms. The number of carbonyl (C=O) groups is 1. The van der Waals surface area contributed by atoms with Crippen molar-refractivity contribution in [3.63, 3.8) is 0 Å². The number of carbonyl (C=O) groups excluding carboxylic acids is 1. The van der Waals surface area contributed by atoms with Crippen LogP contribution < -0.4 is 10.1 Å². The number of fused-ring (bicyclic) bond motifs is 1. The summed E-state index contributed by atoms with van der Waals surface area (Å²) in [7, 11) is 5.16. The van der Waals surface area contributed by atoms with E-state index in [0.29, 0.717) is 13.2 Å². The third kappa shape index (κ3) is 4.42. The van der Waals surface area contributed by atoms with Crippen molar-refractivity contribution in [3.05, 3.63) is 47.3 Å². The summed E-state index contributed by atoms with van der Waals surface area (Å²) in [6.07, 6.45) is 2.71. The smallest absolute Gasteiger partial charge is 0.243 e. The molecule has 2 aromatic rings. The van der Waals surface area contributed by atoms with Crippen LogP contribution in [-0.4, -0.2) is 54.9 Å². The molecule has 1 amide bonds. The summed E-state index contributed by atoms with van der Waals surface area (Å²) in [6, 6.07) is 7.99. The number of likely N-dealkylation sites (N-methyl/N-ethyl adjacent to an activating group) is 1. The normalized spacial score (nSPS) is 16.2. The van der Waals surface area contributed by atoms with E-state index in [4.69, 9.17) is 9.47 Å². The second-order valence-corrected chi connectivity index (χ2v) is 6.61. The van der Waals surface area contributed by atoms with Crippen molar-refractivity contribution in [3.8, 4) is 5.75 Å². The first-order chi connectivity index (χ1) is 12.6. The fourth-order valence-corrected chi connectivity index (χ4v) is 2.94. The van der Waals surface area contributed by atoms with Gasteiger partial charge in [0.1, 0.15) is 18.4 Å². The van der Waals surface area contributed by atoms with Crippen molar-refractivity contribution in [2.24, 2.45) is 0 Å². The minimum Gasteiger partial charge on any atom is -0.497 e. The topological polar surface area (TPSA) is 68.6 Å². The van der Waals surface area contributed by atoms with Crippen LogP contribution in [0.15, 0.2) is 30.5 Å². The molecule has 1 aromatic heterocycles. The zero-order valence-corrected chi connectivity index (χ0v) is 15.6. The van der Waals surface area contributed by atoms with Crippen LogP contribution in [0.1, 0.15) is 22.9 Å². The van der Waals surface area contributed by atoms with Crippen LogP contribution in [0, 0.1) is 0 Å². The van der Waals surface area contributed by atoms with Gasteiger partial charge in [0.25, 0.3) is 0 Å². The number of nitrogens with one attached hydrogen (secondary N) is 1. The van der Waals surface area contributed by atoms with E-state index < -0.39 is 0 Å². The number of rotatable bonds is 7. The molecule has 1 aromatic carbocycles. The second kappa shape index (κ2) is 8.33. The standard InChI is InChI=1S/C19H26N4O3/c1-22(2)18(24)13-23-12-15-8-9-26-17(19(15)21-23)11-20-10-14-4-6-16(25-3)7-5-14/h4-7,12,17,20H,8-11,13H2,1-3H3. The highest BCUT2D eigenvalue weighted by atomic mass is 16.5. The molecular weight excluding hydrogens is 332 g/mol. The maximum absolute atomic E-state index is 11.9. The first-order valence-corrected chi connectivity index (χ1v) is 8.78. The molecule has 7 nitrogen and oxygen atoms in total. The lowest BCUT2D eigenvalue weighted by Crippen LogP contribution is -2.28. The van der Waals surface area contributed by atoms with Crippen molar-refractivity contribution in [1.29, 1.82) is 0 Å². The third-order valence-electron chi connectivity index (χ3n) is 4.48. The van der Waals surface area contributed by atoms with Gasteiger partial charge in [-0.05, 0) is 29.7 Å². The molecule has 1 aliphatic heterocycles. The molecule has 3 rings (SSSR count). The van der Waals surface area contributed by atoms with E-state index >= 15 is 0 Å². The first kappa shape index (κ1) is 18.4. The summed E-state index contributed by atoms with van der Waals surface area (Å²) in [5, 5.41) is 8.02. The Morgan fingerprint density at radius 3 is 2.85 bits per heavy atom. The second-order valence-electron chi connectivity index (χ2n) is 6.61. The van der Waals surface area contributed by atoms with E-state index in [9.17, 15) is 4.79 Å². The quantitative estimate of drug-likeness (QED) is 0.810. The largest absolute Gasteiger partial charge is 0.497 e. The van der Waals surface area contributed by atoms with E-state index in [2.05, 4.69) is 10.4 Å². The molecule has 140 valence electrons. The highest BCUT2D eigenvalue weighted by molar-refractivity contribution is 5.75. The molecule has 1 unspecified atom stereocenters. The van der Waals surface area contributed by atoms with Crippen molar-refractivity contribution in [2.45, 2.75) is 25.6 Å². The van der Waals surface area contributed by atoms with Crippen LogP contribution in [0.2, 0.25) is 0 Å². The van der Waals surface area contributed by atoms with Gasteiger partial charge < -0.3 is 19.7 Å². The lowest BCUT2D eigenvalue weighted by Gasteiger charge is -2.22. The number of benzene rings is 1. The van der Waals surface area contributed by atoms with Gasteiger partial charge in [-0.15, -0.1) is 0 Å². The van der Waals surface area contributed by atoms with Gasteiger partial charge in [-0.3, -0.25) is 9.48 Å². The van der Waals surface area contributed by atoms with Gasteiger partial charge in [-0.1, -0.05) is 12.1 Å². The maximum atomic E-state index is 11.9. The Morgan fingerprint density at radius 2 is 2.15 bits per heavy atom. The number of methoxy groups -OCH3 is 1. The molecule has 1 atom stereocenters. The van der Waals surface area contributed by atoms with E-state index in [-0.39, 0.29) is 18.6 Å². The van der Waals surface area contributed by atoms with Crippen LogP contribution in [-0.2, 0) is 29.0 Å². The van der Waals surface area contributed by atoms with Gasteiger partial charge in [-0.25, -0.2) is 0 Å². The molecule has 0 saturated carbocycles. The van der Waals surface area contributed by atoms with Crippen LogP contribution in [0.3, 0.4) is 0 Å². The van der Waals surface area contributed by atoms with Crippen LogP contribution in [0.5, 0.6) is 5.75 Å². The van der Waals surface area contributed by atoms with Gasteiger partial charge in [0, 0.05) is 33.4 Å². The molecule has 0 radical (unpaired) electrons. The molecule has 0 saturated heterocycles. The van der Waals surface area contributed by atoms with Gasteiger partial charge in [0.15, 0.2) is 0 Å². The number of amides is 1. The molecule has 0 aliphatic carbocycles. The monoisotopic (exact) mass is 358 g/mol. The molecular formula is C19H26N4O3. The number of aromatic nitrogens is 2. The minimum absolute atomic E-state index is 0.0277. The number of hydrogen-bond donors (Lipinski definition) is 1. The molecule has 7 heteroatoms. The molecule has 1 N–H and O–H groups in total. The summed E-state index contributed by atoms with van der Waals surface area (Å²) < 4.78 is 12.8. The summed E-state index contributed by atoms with van der Waals surface area (Å²) >= 11 is 0. The van der Waals surface area contributed by atoms with E-state index in [1.54, 1.807) is 30.8 Å². The van der Waals surface area contributed by atoms with E-state index in [1.165, 1.54) is 11.1 Å². The third-order valence-corrected chi connectivity index (χ3v) is 4.48. The average Bonchev–Trinajstić information content (AvgIpc) is 3.05. The lowest BCUT2D eigenvalue weighted by molar-refractivity contribution is -0.129. The summed E-state index contributed by atoms with van der Waals surface area (Å²) in [5.41, 5.74) is 3.29. The highest BCUT2D eigenvalue weighted by Crippen LogP contribution is 2.25. The molecule has 0 spiro atoms. The summed E-state index contributed by atoms with van der Waals surface area (Å²) in [4.78, 5) is 13.5. The van der Waals surface area contributed by atoms with E-state index in [1.807, 2.05) is 30.5 Å². The Balaban J connectivity index is 1.58. The fourth-order valence-electron chi connectivity index (χ4n) is 2.94. The number of ether oxygens (including phenoxy) is 2. The van der Waals surface area contributed by atoms with Crippen molar-refractivity contribution >= 4 is 5.91 Å². The van der Waals surface area contributed by atoms with Crippen LogP contribution in [0.25, 0.3) is 0 Å². The minimum atomic E-state index is -0.0901.